The van der Waals surface area contributed by atoms with Crippen molar-refractivity contribution in [1.29, 1.82) is 0 Å². The highest BCUT2D eigenvalue weighted by molar-refractivity contribution is 5.85. The highest BCUT2D eigenvalue weighted by atomic mass is 35.5. The average molecular weight is 245 g/mol. The largest absolute Gasteiger partial charge is 0.480 e. The van der Waals surface area contributed by atoms with Crippen molar-refractivity contribution in [3.63, 3.8) is 0 Å². The van der Waals surface area contributed by atoms with Crippen LogP contribution in [-0.4, -0.2) is 47.7 Å². The molecule has 1 aliphatic heterocycles. The summed E-state index contributed by atoms with van der Waals surface area (Å²) < 4.78 is 0. The predicted molar refractivity (Wildman–Crippen MR) is 60.7 cm³/mol. The Labute approximate surface area is 96.9 Å². The predicted octanol–water partition coefficient (Wildman–Crippen LogP) is 0.598. The first-order chi connectivity index (χ1) is 5.55. The zero-order chi connectivity index (χ0) is 9.19. The van der Waals surface area contributed by atoms with Crippen molar-refractivity contribution in [3.05, 3.63) is 0 Å². The van der Waals surface area contributed by atoms with E-state index in [-0.39, 0.29) is 24.8 Å². The van der Waals surface area contributed by atoms with Gasteiger partial charge in [0.15, 0.2) is 0 Å². The number of halogens is 2. The van der Waals surface area contributed by atoms with E-state index >= 15 is 0 Å². The molecule has 0 aromatic heterocycles. The first-order valence-corrected chi connectivity index (χ1v) is 4.24. The molecule has 86 valence electrons. The van der Waals surface area contributed by atoms with Crippen molar-refractivity contribution in [1.82, 2.24) is 10.2 Å². The molecule has 0 bridgehead atoms. The van der Waals surface area contributed by atoms with Gasteiger partial charge in [-0.1, -0.05) is 0 Å². The summed E-state index contributed by atoms with van der Waals surface area (Å²) in [5.74, 6) is -0.746. The lowest BCUT2D eigenvalue weighted by Crippen LogP contribution is -2.57. The lowest BCUT2D eigenvalue weighted by atomic mass is 10.0. The first kappa shape index (κ1) is 16.4. The quantitative estimate of drug-likeness (QED) is 0.748. The molecule has 0 spiro atoms. The SMILES string of the molecule is CC(C)(C(=O)O)N1CCNCC1.Cl.Cl. The Hall–Kier alpha value is -0.0300. The average Bonchev–Trinajstić information content (AvgIpc) is 2.06. The van der Waals surface area contributed by atoms with E-state index in [4.69, 9.17) is 5.11 Å². The Morgan fingerprint density at radius 1 is 1.29 bits per heavy atom. The second-order valence-corrected chi connectivity index (χ2v) is 3.60. The van der Waals surface area contributed by atoms with Crippen LogP contribution in [0.5, 0.6) is 0 Å². The summed E-state index contributed by atoms with van der Waals surface area (Å²) in [5, 5.41) is 12.1. The number of aliphatic carboxylic acids is 1. The highest BCUT2D eigenvalue weighted by Gasteiger charge is 2.34. The van der Waals surface area contributed by atoms with Gasteiger partial charge < -0.3 is 10.4 Å². The number of hydrogen-bond acceptors (Lipinski definition) is 3. The molecule has 1 aliphatic rings. The van der Waals surface area contributed by atoms with Crippen LogP contribution in [0.2, 0.25) is 0 Å². The molecule has 4 nitrogen and oxygen atoms in total. The molecule has 0 unspecified atom stereocenters. The molecule has 0 amide bonds. The van der Waals surface area contributed by atoms with Gasteiger partial charge in [-0.3, -0.25) is 9.69 Å². The number of nitrogens with zero attached hydrogens (tertiary/aromatic N) is 1. The summed E-state index contributed by atoms with van der Waals surface area (Å²) in [7, 11) is 0. The van der Waals surface area contributed by atoms with Crippen molar-refractivity contribution < 1.29 is 9.90 Å². The third kappa shape index (κ3) is 3.61. The van der Waals surface area contributed by atoms with Gasteiger partial charge in [-0.05, 0) is 13.8 Å². The van der Waals surface area contributed by atoms with Gasteiger partial charge >= 0.3 is 5.97 Å². The molecule has 1 heterocycles. The third-order valence-corrected chi connectivity index (χ3v) is 2.43. The molecule has 2 N–H and O–H groups in total. The van der Waals surface area contributed by atoms with E-state index in [0.717, 1.165) is 26.2 Å². The lowest BCUT2D eigenvalue weighted by Gasteiger charge is -2.37. The highest BCUT2D eigenvalue weighted by Crippen LogP contribution is 2.14. The van der Waals surface area contributed by atoms with Gasteiger partial charge in [-0.2, -0.15) is 0 Å². The standard InChI is InChI=1S/C8H16N2O2.2ClH/c1-8(2,7(11)12)10-5-3-9-4-6-10;;/h9H,3-6H2,1-2H3,(H,11,12);2*1H. The van der Waals surface area contributed by atoms with Gasteiger partial charge in [0, 0.05) is 26.2 Å². The van der Waals surface area contributed by atoms with Gasteiger partial charge in [-0.25, -0.2) is 0 Å². The van der Waals surface area contributed by atoms with E-state index in [9.17, 15) is 4.79 Å². The van der Waals surface area contributed by atoms with E-state index in [1.165, 1.54) is 0 Å². The third-order valence-electron chi connectivity index (χ3n) is 2.43. The molecule has 0 aliphatic carbocycles. The maximum absolute atomic E-state index is 10.9. The first-order valence-electron chi connectivity index (χ1n) is 4.24. The maximum Gasteiger partial charge on any atom is 0.323 e. The van der Waals surface area contributed by atoms with Gasteiger partial charge in [0.1, 0.15) is 5.54 Å². The normalized spacial score (nSPS) is 17.9. The van der Waals surface area contributed by atoms with Gasteiger partial charge in [0.05, 0.1) is 0 Å². The van der Waals surface area contributed by atoms with Crippen molar-refractivity contribution in [2.24, 2.45) is 0 Å². The topological polar surface area (TPSA) is 52.6 Å². The smallest absolute Gasteiger partial charge is 0.323 e. The number of nitrogens with one attached hydrogen (secondary N) is 1. The summed E-state index contributed by atoms with van der Waals surface area (Å²) in [6, 6.07) is 0. The fourth-order valence-electron chi connectivity index (χ4n) is 1.36. The molecule has 0 aromatic carbocycles. The molecule has 1 saturated heterocycles. The number of carboxylic acids is 1. The van der Waals surface area contributed by atoms with Crippen molar-refractivity contribution in [2.75, 3.05) is 26.2 Å². The van der Waals surface area contributed by atoms with E-state index in [0.29, 0.717) is 0 Å². The van der Waals surface area contributed by atoms with Crippen LogP contribution in [-0.2, 0) is 4.79 Å². The Kier molecular flexibility index (Phi) is 7.56. The maximum atomic E-state index is 10.9. The zero-order valence-electron chi connectivity index (χ0n) is 8.45. The van der Waals surface area contributed by atoms with Crippen LogP contribution >= 0.6 is 24.8 Å². The summed E-state index contributed by atoms with van der Waals surface area (Å²) in [5.41, 5.74) is -0.720. The van der Waals surface area contributed by atoms with E-state index < -0.39 is 11.5 Å². The second-order valence-electron chi connectivity index (χ2n) is 3.60. The number of rotatable bonds is 2. The van der Waals surface area contributed by atoms with Crippen LogP contribution in [0.4, 0.5) is 0 Å². The molecule has 1 fully saturated rings. The number of piperazine rings is 1. The van der Waals surface area contributed by atoms with Crippen molar-refractivity contribution in [2.45, 2.75) is 19.4 Å². The Morgan fingerprint density at radius 2 is 1.71 bits per heavy atom. The monoisotopic (exact) mass is 244 g/mol. The number of carbonyl (C=O) groups is 1. The molecule has 0 saturated carbocycles. The molecular weight excluding hydrogens is 227 g/mol. The summed E-state index contributed by atoms with van der Waals surface area (Å²) >= 11 is 0. The summed E-state index contributed by atoms with van der Waals surface area (Å²) in [6.07, 6.45) is 0. The Balaban J connectivity index is 0. The van der Waals surface area contributed by atoms with E-state index in [1.54, 1.807) is 13.8 Å². The van der Waals surface area contributed by atoms with Crippen molar-refractivity contribution in [3.8, 4) is 0 Å². The van der Waals surface area contributed by atoms with Crippen LogP contribution in [0.15, 0.2) is 0 Å². The van der Waals surface area contributed by atoms with Gasteiger partial charge in [0.2, 0.25) is 0 Å². The summed E-state index contributed by atoms with van der Waals surface area (Å²) in [6.45, 7) is 6.91. The van der Waals surface area contributed by atoms with E-state index in [1.807, 2.05) is 4.90 Å². The van der Waals surface area contributed by atoms with Crippen LogP contribution in [0.25, 0.3) is 0 Å². The number of carboxylic acid groups (broad SMARTS) is 1. The fourth-order valence-corrected chi connectivity index (χ4v) is 1.36. The lowest BCUT2D eigenvalue weighted by molar-refractivity contribution is -0.149. The van der Waals surface area contributed by atoms with Crippen LogP contribution in [0.1, 0.15) is 13.8 Å². The zero-order valence-corrected chi connectivity index (χ0v) is 10.1. The second kappa shape index (κ2) is 6.45. The molecule has 0 aromatic rings. The number of hydrogen-bond donors (Lipinski definition) is 2. The van der Waals surface area contributed by atoms with Crippen LogP contribution < -0.4 is 5.32 Å². The molecule has 0 radical (unpaired) electrons. The molecule has 1 rings (SSSR count). The summed E-state index contributed by atoms with van der Waals surface area (Å²) in [4.78, 5) is 12.9. The minimum atomic E-state index is -0.746. The fraction of sp³-hybridized carbons (Fsp3) is 0.875. The molecule has 6 heteroatoms. The van der Waals surface area contributed by atoms with Crippen LogP contribution in [0, 0.1) is 0 Å². The molecule has 14 heavy (non-hydrogen) atoms. The molecule has 0 atom stereocenters. The van der Waals surface area contributed by atoms with Gasteiger partial charge in [0.25, 0.3) is 0 Å². The van der Waals surface area contributed by atoms with Gasteiger partial charge in [-0.15, -0.1) is 24.8 Å². The Bertz CT molecular complexity index is 182. The van der Waals surface area contributed by atoms with Crippen LogP contribution in [0.3, 0.4) is 0 Å². The minimum Gasteiger partial charge on any atom is -0.480 e. The van der Waals surface area contributed by atoms with Crippen molar-refractivity contribution >= 4 is 30.8 Å². The molecular formula is C8H18Cl2N2O2. The Morgan fingerprint density at radius 3 is 2.07 bits per heavy atom. The minimum absolute atomic E-state index is 0. The van der Waals surface area contributed by atoms with E-state index in [2.05, 4.69) is 5.32 Å².